The summed E-state index contributed by atoms with van der Waals surface area (Å²) in [5.74, 6) is -0.196. The molecule has 0 aliphatic rings. The SMILES string of the molecule is NC(=O)c1ccc(CNc2ncc([N+](=O)[O-])cn2)cc1. The minimum atomic E-state index is -0.563. The highest BCUT2D eigenvalue weighted by molar-refractivity contribution is 5.92. The van der Waals surface area contributed by atoms with E-state index in [1.165, 1.54) is 0 Å². The number of anilines is 1. The lowest BCUT2D eigenvalue weighted by Crippen LogP contribution is -2.11. The van der Waals surface area contributed by atoms with E-state index in [-0.39, 0.29) is 11.6 Å². The van der Waals surface area contributed by atoms with Gasteiger partial charge in [-0.2, -0.15) is 0 Å². The Labute approximate surface area is 113 Å². The standard InChI is InChI=1S/C12H11N5O3/c13-11(18)9-3-1-8(2-4-9)5-14-12-15-6-10(7-16-12)17(19)20/h1-4,6-7H,5H2,(H2,13,18)(H,14,15,16). The molecule has 8 heteroatoms. The molecule has 0 radical (unpaired) electrons. The monoisotopic (exact) mass is 273 g/mol. The quantitative estimate of drug-likeness (QED) is 0.620. The highest BCUT2D eigenvalue weighted by Gasteiger charge is 2.06. The number of aromatic nitrogens is 2. The van der Waals surface area contributed by atoms with Gasteiger partial charge in [-0.1, -0.05) is 12.1 Å². The van der Waals surface area contributed by atoms with E-state index >= 15 is 0 Å². The molecule has 0 unspecified atom stereocenters. The molecular formula is C12H11N5O3. The van der Waals surface area contributed by atoms with E-state index in [1.807, 2.05) is 0 Å². The molecule has 20 heavy (non-hydrogen) atoms. The summed E-state index contributed by atoms with van der Waals surface area (Å²) in [5, 5.41) is 13.4. The molecule has 0 fully saturated rings. The van der Waals surface area contributed by atoms with Crippen LogP contribution >= 0.6 is 0 Å². The van der Waals surface area contributed by atoms with Crippen molar-refractivity contribution in [2.24, 2.45) is 5.73 Å². The number of rotatable bonds is 5. The molecular weight excluding hydrogens is 262 g/mol. The smallest absolute Gasteiger partial charge is 0.305 e. The van der Waals surface area contributed by atoms with Gasteiger partial charge in [0.1, 0.15) is 12.4 Å². The van der Waals surface area contributed by atoms with Crippen molar-refractivity contribution in [3.63, 3.8) is 0 Å². The van der Waals surface area contributed by atoms with Gasteiger partial charge in [0.2, 0.25) is 11.9 Å². The van der Waals surface area contributed by atoms with E-state index in [9.17, 15) is 14.9 Å². The summed E-state index contributed by atoms with van der Waals surface area (Å²) in [5.41, 5.74) is 6.30. The van der Waals surface area contributed by atoms with E-state index in [1.54, 1.807) is 24.3 Å². The first-order valence-corrected chi connectivity index (χ1v) is 5.65. The van der Waals surface area contributed by atoms with Crippen molar-refractivity contribution in [3.05, 3.63) is 57.9 Å². The summed E-state index contributed by atoms with van der Waals surface area (Å²) < 4.78 is 0. The lowest BCUT2D eigenvalue weighted by molar-refractivity contribution is -0.385. The van der Waals surface area contributed by atoms with Gasteiger partial charge >= 0.3 is 5.69 Å². The van der Waals surface area contributed by atoms with E-state index in [0.29, 0.717) is 12.1 Å². The van der Waals surface area contributed by atoms with Gasteiger partial charge < -0.3 is 11.1 Å². The number of nitrogens with zero attached hydrogens (tertiary/aromatic N) is 3. The molecule has 2 rings (SSSR count). The summed E-state index contributed by atoms with van der Waals surface area (Å²) in [7, 11) is 0. The van der Waals surface area contributed by atoms with Gasteiger partial charge in [-0.05, 0) is 17.7 Å². The maximum Gasteiger partial charge on any atom is 0.305 e. The van der Waals surface area contributed by atoms with Crippen LogP contribution in [0, 0.1) is 10.1 Å². The summed E-state index contributed by atoms with van der Waals surface area (Å²) in [4.78, 5) is 28.4. The van der Waals surface area contributed by atoms with Gasteiger partial charge in [0.25, 0.3) is 0 Å². The van der Waals surface area contributed by atoms with Crippen molar-refractivity contribution < 1.29 is 9.72 Å². The van der Waals surface area contributed by atoms with E-state index < -0.39 is 10.8 Å². The molecule has 1 heterocycles. The van der Waals surface area contributed by atoms with Crippen LogP contribution in [0.4, 0.5) is 11.6 Å². The van der Waals surface area contributed by atoms with Gasteiger partial charge in [-0.25, -0.2) is 9.97 Å². The number of amides is 1. The average Bonchev–Trinajstić information content (AvgIpc) is 2.46. The molecule has 102 valence electrons. The summed E-state index contributed by atoms with van der Waals surface area (Å²) in [6.07, 6.45) is 2.26. The van der Waals surface area contributed by atoms with E-state index in [2.05, 4.69) is 15.3 Å². The highest BCUT2D eigenvalue weighted by Crippen LogP contribution is 2.10. The van der Waals surface area contributed by atoms with Crippen LogP contribution in [0.25, 0.3) is 0 Å². The van der Waals surface area contributed by atoms with Gasteiger partial charge in [0, 0.05) is 12.1 Å². The maximum absolute atomic E-state index is 10.9. The van der Waals surface area contributed by atoms with Crippen molar-refractivity contribution in [1.29, 1.82) is 0 Å². The molecule has 1 aromatic heterocycles. The molecule has 0 saturated heterocycles. The van der Waals surface area contributed by atoms with Gasteiger partial charge in [0.05, 0.1) is 4.92 Å². The Morgan fingerprint density at radius 2 is 1.85 bits per heavy atom. The molecule has 0 saturated carbocycles. The Morgan fingerprint density at radius 1 is 1.25 bits per heavy atom. The number of carbonyl (C=O) groups is 1. The predicted molar refractivity (Wildman–Crippen MR) is 71.0 cm³/mol. The normalized spacial score (nSPS) is 10.0. The molecule has 8 nitrogen and oxygen atoms in total. The van der Waals surface area contributed by atoms with Crippen LogP contribution in [0.5, 0.6) is 0 Å². The lowest BCUT2D eigenvalue weighted by Gasteiger charge is -2.04. The zero-order valence-electron chi connectivity index (χ0n) is 10.3. The Hall–Kier alpha value is -3.03. The first-order valence-electron chi connectivity index (χ1n) is 5.65. The third-order valence-electron chi connectivity index (χ3n) is 2.54. The molecule has 1 aromatic carbocycles. The molecule has 3 N–H and O–H groups in total. The first kappa shape index (κ1) is 13.4. The van der Waals surface area contributed by atoms with Crippen molar-refractivity contribution >= 4 is 17.5 Å². The fraction of sp³-hybridized carbons (Fsp3) is 0.0833. The van der Waals surface area contributed by atoms with Crippen molar-refractivity contribution in [3.8, 4) is 0 Å². The summed E-state index contributed by atoms with van der Waals surface area (Å²) in [6.45, 7) is 0.427. The second kappa shape index (κ2) is 5.74. The van der Waals surface area contributed by atoms with Crippen molar-refractivity contribution in [2.75, 3.05) is 5.32 Å². The number of benzene rings is 1. The fourth-order valence-corrected chi connectivity index (χ4v) is 1.47. The topological polar surface area (TPSA) is 124 Å². The van der Waals surface area contributed by atoms with Crippen molar-refractivity contribution in [1.82, 2.24) is 9.97 Å². The predicted octanol–water partition coefficient (Wildman–Crippen LogP) is 1.10. The number of nitrogens with two attached hydrogens (primary N) is 1. The summed E-state index contributed by atoms with van der Waals surface area (Å²) in [6, 6.07) is 6.74. The largest absolute Gasteiger partial charge is 0.366 e. The highest BCUT2D eigenvalue weighted by atomic mass is 16.6. The number of hydrogen-bond acceptors (Lipinski definition) is 6. The second-order valence-electron chi connectivity index (χ2n) is 3.94. The maximum atomic E-state index is 10.9. The minimum Gasteiger partial charge on any atom is -0.366 e. The van der Waals surface area contributed by atoms with Crippen LogP contribution in [0.3, 0.4) is 0 Å². The fourth-order valence-electron chi connectivity index (χ4n) is 1.47. The van der Waals surface area contributed by atoms with E-state index in [0.717, 1.165) is 18.0 Å². The Bertz CT molecular complexity index is 567. The molecule has 2 aromatic rings. The third kappa shape index (κ3) is 3.25. The van der Waals surface area contributed by atoms with E-state index in [4.69, 9.17) is 5.73 Å². The molecule has 0 aliphatic carbocycles. The Morgan fingerprint density at radius 3 is 2.35 bits per heavy atom. The van der Waals surface area contributed by atoms with Gasteiger partial charge in [-0.3, -0.25) is 14.9 Å². The third-order valence-corrected chi connectivity index (χ3v) is 2.54. The lowest BCUT2D eigenvalue weighted by atomic mass is 10.1. The number of nitrogens with one attached hydrogen (secondary N) is 1. The zero-order chi connectivity index (χ0) is 14.5. The van der Waals surface area contributed by atoms with Crippen LogP contribution in [0.1, 0.15) is 15.9 Å². The van der Waals surface area contributed by atoms with Crippen LogP contribution < -0.4 is 11.1 Å². The summed E-state index contributed by atoms with van der Waals surface area (Å²) >= 11 is 0. The van der Waals surface area contributed by atoms with Crippen LogP contribution in [-0.2, 0) is 6.54 Å². The molecule has 0 spiro atoms. The van der Waals surface area contributed by atoms with Crippen LogP contribution in [-0.4, -0.2) is 20.8 Å². The van der Waals surface area contributed by atoms with Crippen molar-refractivity contribution in [2.45, 2.75) is 6.54 Å². The van der Waals surface area contributed by atoms with Crippen LogP contribution in [0.2, 0.25) is 0 Å². The first-order chi connectivity index (χ1) is 9.56. The molecule has 0 aliphatic heterocycles. The molecule has 0 bridgehead atoms. The molecule has 0 atom stereocenters. The molecule has 1 amide bonds. The second-order valence-corrected chi connectivity index (χ2v) is 3.94. The Balaban J connectivity index is 1.97. The number of hydrogen-bond donors (Lipinski definition) is 2. The average molecular weight is 273 g/mol. The minimum absolute atomic E-state index is 0.165. The number of nitro groups is 1. The number of primary amides is 1. The Kier molecular flexibility index (Phi) is 3.85. The number of carbonyl (C=O) groups excluding carboxylic acids is 1. The zero-order valence-corrected chi connectivity index (χ0v) is 10.3. The van der Waals surface area contributed by atoms with Gasteiger partial charge in [-0.15, -0.1) is 0 Å². The van der Waals surface area contributed by atoms with Crippen LogP contribution in [0.15, 0.2) is 36.7 Å². The van der Waals surface area contributed by atoms with Gasteiger partial charge in [0.15, 0.2) is 0 Å².